The minimum atomic E-state index is -0.963. The van der Waals surface area contributed by atoms with Crippen molar-refractivity contribution in [3.05, 3.63) is 35.9 Å². The molecule has 1 aromatic carbocycles. The van der Waals surface area contributed by atoms with Gasteiger partial charge < -0.3 is 14.9 Å². The van der Waals surface area contributed by atoms with Gasteiger partial charge in [0, 0.05) is 6.42 Å². The lowest BCUT2D eigenvalue weighted by Crippen LogP contribution is -2.26. The third-order valence-corrected chi connectivity index (χ3v) is 2.76. The second-order valence-corrected chi connectivity index (χ2v) is 5.60. The fourth-order valence-corrected chi connectivity index (χ4v) is 1.52. The van der Waals surface area contributed by atoms with Gasteiger partial charge in [0.2, 0.25) is 0 Å². The average molecular weight is 266 g/mol. The van der Waals surface area contributed by atoms with Crippen LogP contribution in [-0.2, 0) is 9.53 Å². The van der Waals surface area contributed by atoms with E-state index in [4.69, 9.17) is 4.74 Å². The van der Waals surface area contributed by atoms with E-state index in [1.165, 1.54) is 0 Å². The zero-order chi connectivity index (χ0) is 14.5. The van der Waals surface area contributed by atoms with Gasteiger partial charge >= 0.3 is 5.97 Å². The Kier molecular flexibility index (Phi) is 5.51. The average Bonchev–Trinajstić information content (AvgIpc) is 2.37. The van der Waals surface area contributed by atoms with Gasteiger partial charge in [-0.05, 0) is 26.3 Å². The number of hydrogen-bond donors (Lipinski definition) is 2. The highest BCUT2D eigenvalue weighted by Crippen LogP contribution is 2.19. The highest BCUT2D eigenvalue weighted by molar-refractivity contribution is 5.75. The molecule has 0 aliphatic heterocycles. The predicted molar refractivity (Wildman–Crippen MR) is 72.4 cm³/mol. The number of carbonyl (C=O) groups excluding carboxylic acids is 1. The molecule has 0 aromatic heterocycles. The molecule has 4 nitrogen and oxygen atoms in total. The molecule has 2 N–H and O–H groups in total. The fourth-order valence-electron chi connectivity index (χ4n) is 1.52. The number of ether oxygens (including phenoxy) is 1. The minimum Gasteiger partial charge on any atom is -0.465 e. The zero-order valence-corrected chi connectivity index (χ0v) is 11.7. The third-order valence-electron chi connectivity index (χ3n) is 2.76. The van der Waals surface area contributed by atoms with E-state index in [1.54, 1.807) is 45.0 Å². The molecule has 19 heavy (non-hydrogen) atoms. The summed E-state index contributed by atoms with van der Waals surface area (Å²) in [6.07, 6.45) is -1.71. The molecule has 4 heteroatoms. The van der Waals surface area contributed by atoms with Crippen molar-refractivity contribution in [3.8, 4) is 0 Å². The lowest BCUT2D eigenvalue weighted by atomic mass is 9.97. The van der Waals surface area contributed by atoms with E-state index >= 15 is 0 Å². The van der Waals surface area contributed by atoms with Gasteiger partial charge in [0.25, 0.3) is 0 Å². The first kappa shape index (κ1) is 15.7. The van der Waals surface area contributed by atoms with Gasteiger partial charge in [-0.2, -0.15) is 0 Å². The normalized spacial score (nSPS) is 14.8. The summed E-state index contributed by atoms with van der Waals surface area (Å²) in [4.78, 5) is 11.5. The molecule has 2 atom stereocenters. The number of aliphatic hydroxyl groups is 2. The predicted octanol–water partition coefficient (Wildman–Crippen LogP) is 2.06. The smallest absolute Gasteiger partial charge is 0.311 e. The summed E-state index contributed by atoms with van der Waals surface area (Å²) in [5.74, 6) is -0.311. The van der Waals surface area contributed by atoms with Crippen molar-refractivity contribution in [2.75, 3.05) is 6.61 Å². The maximum Gasteiger partial charge on any atom is 0.311 e. The Hall–Kier alpha value is -1.39. The molecule has 0 bridgehead atoms. The molecule has 106 valence electrons. The Morgan fingerprint density at radius 3 is 2.32 bits per heavy atom. The molecule has 0 aliphatic carbocycles. The van der Waals surface area contributed by atoms with Crippen molar-refractivity contribution in [3.63, 3.8) is 0 Å². The maximum atomic E-state index is 11.5. The van der Waals surface area contributed by atoms with E-state index in [9.17, 15) is 15.0 Å². The Morgan fingerprint density at radius 2 is 1.79 bits per heavy atom. The van der Waals surface area contributed by atoms with Gasteiger partial charge in [-0.15, -0.1) is 0 Å². The first-order valence-electron chi connectivity index (χ1n) is 6.40. The van der Waals surface area contributed by atoms with Crippen LogP contribution < -0.4 is 0 Å². The molecule has 0 radical (unpaired) electrons. The van der Waals surface area contributed by atoms with Crippen molar-refractivity contribution in [1.82, 2.24) is 0 Å². The van der Waals surface area contributed by atoms with E-state index in [1.807, 2.05) is 6.07 Å². The highest BCUT2D eigenvalue weighted by Gasteiger charge is 2.24. The molecule has 0 heterocycles. The van der Waals surface area contributed by atoms with Gasteiger partial charge in [-0.3, -0.25) is 4.79 Å². The summed E-state index contributed by atoms with van der Waals surface area (Å²) >= 11 is 0. The SMILES string of the molecule is CC(C)(C)C(=O)OCC[C@@H](O)[C@H](O)c1ccccc1. The van der Waals surface area contributed by atoms with E-state index in [0.717, 1.165) is 0 Å². The van der Waals surface area contributed by atoms with Crippen molar-refractivity contribution in [1.29, 1.82) is 0 Å². The summed E-state index contributed by atoms with van der Waals surface area (Å²) in [5.41, 5.74) is 0.0976. The molecule has 1 aromatic rings. The molecule has 0 amide bonds. The Balaban J connectivity index is 2.40. The first-order chi connectivity index (χ1) is 8.82. The van der Waals surface area contributed by atoms with Crippen LogP contribution in [0.3, 0.4) is 0 Å². The number of carbonyl (C=O) groups is 1. The molecule has 1 rings (SSSR count). The first-order valence-corrected chi connectivity index (χ1v) is 6.40. The number of benzene rings is 1. The van der Waals surface area contributed by atoms with Gasteiger partial charge in [0.1, 0.15) is 6.10 Å². The van der Waals surface area contributed by atoms with Crippen LogP contribution in [-0.4, -0.2) is 28.9 Å². The molecule has 0 saturated carbocycles. The number of rotatable bonds is 5. The minimum absolute atomic E-state index is 0.0984. The van der Waals surface area contributed by atoms with E-state index in [2.05, 4.69) is 0 Å². The van der Waals surface area contributed by atoms with Crippen LogP contribution in [0.2, 0.25) is 0 Å². The second-order valence-electron chi connectivity index (χ2n) is 5.60. The lowest BCUT2D eigenvalue weighted by molar-refractivity contribution is -0.154. The van der Waals surface area contributed by atoms with Crippen molar-refractivity contribution in [2.24, 2.45) is 5.41 Å². The standard InChI is InChI=1S/C15H22O4/c1-15(2,3)14(18)19-10-9-12(16)13(17)11-7-5-4-6-8-11/h4-8,12-13,16-17H,9-10H2,1-3H3/t12-,13-/m1/s1. The van der Waals surface area contributed by atoms with Gasteiger partial charge in [0.15, 0.2) is 0 Å². The van der Waals surface area contributed by atoms with Crippen LogP contribution in [0.25, 0.3) is 0 Å². The monoisotopic (exact) mass is 266 g/mol. The Morgan fingerprint density at radius 1 is 1.21 bits per heavy atom. The highest BCUT2D eigenvalue weighted by atomic mass is 16.5. The molecule has 0 fully saturated rings. The van der Waals surface area contributed by atoms with Crippen LogP contribution in [0, 0.1) is 5.41 Å². The van der Waals surface area contributed by atoms with E-state index in [0.29, 0.717) is 5.56 Å². The number of hydrogen-bond acceptors (Lipinski definition) is 4. The van der Waals surface area contributed by atoms with Crippen LogP contribution in [0.5, 0.6) is 0 Å². The summed E-state index contributed by atoms with van der Waals surface area (Å²) in [6.45, 7) is 5.40. The number of aliphatic hydroxyl groups excluding tert-OH is 2. The second kappa shape index (κ2) is 6.68. The van der Waals surface area contributed by atoms with Crippen molar-refractivity contribution >= 4 is 5.97 Å². The van der Waals surface area contributed by atoms with Crippen LogP contribution in [0.4, 0.5) is 0 Å². The van der Waals surface area contributed by atoms with Crippen LogP contribution in [0.1, 0.15) is 38.9 Å². The fraction of sp³-hybridized carbons (Fsp3) is 0.533. The van der Waals surface area contributed by atoms with Crippen LogP contribution in [0.15, 0.2) is 30.3 Å². The van der Waals surface area contributed by atoms with E-state index in [-0.39, 0.29) is 19.0 Å². The molecule has 0 spiro atoms. The zero-order valence-electron chi connectivity index (χ0n) is 11.7. The summed E-state index contributed by atoms with van der Waals surface area (Å²) < 4.78 is 5.05. The molecule has 0 saturated heterocycles. The topological polar surface area (TPSA) is 66.8 Å². The quantitative estimate of drug-likeness (QED) is 0.801. The summed E-state index contributed by atoms with van der Waals surface area (Å²) in [5, 5.41) is 19.8. The van der Waals surface area contributed by atoms with E-state index < -0.39 is 17.6 Å². The van der Waals surface area contributed by atoms with Crippen molar-refractivity contribution < 1.29 is 19.7 Å². The molecule has 0 aliphatic rings. The summed E-state index contributed by atoms with van der Waals surface area (Å²) in [6, 6.07) is 8.92. The van der Waals surface area contributed by atoms with Crippen molar-refractivity contribution in [2.45, 2.75) is 39.4 Å². The Bertz CT molecular complexity index is 394. The van der Waals surface area contributed by atoms with Gasteiger partial charge in [0.05, 0.1) is 18.1 Å². The third kappa shape index (κ3) is 5.01. The Labute approximate surface area is 114 Å². The molecular weight excluding hydrogens is 244 g/mol. The van der Waals surface area contributed by atoms with Gasteiger partial charge in [-0.25, -0.2) is 0 Å². The van der Waals surface area contributed by atoms with Crippen LogP contribution >= 0.6 is 0 Å². The largest absolute Gasteiger partial charge is 0.465 e. The number of esters is 1. The molecular formula is C15H22O4. The summed E-state index contributed by atoms with van der Waals surface area (Å²) in [7, 11) is 0. The lowest BCUT2D eigenvalue weighted by Gasteiger charge is -2.20. The maximum absolute atomic E-state index is 11.5. The van der Waals surface area contributed by atoms with Gasteiger partial charge in [-0.1, -0.05) is 30.3 Å². The molecule has 0 unspecified atom stereocenters.